The molecule has 1 N–H and O–H groups in total. The summed E-state index contributed by atoms with van der Waals surface area (Å²) in [6.07, 6.45) is 0.418. The summed E-state index contributed by atoms with van der Waals surface area (Å²) in [5, 5.41) is 12.2. The van der Waals surface area contributed by atoms with Gasteiger partial charge in [-0.25, -0.2) is 0 Å². The van der Waals surface area contributed by atoms with Crippen molar-refractivity contribution in [3.63, 3.8) is 0 Å². The van der Waals surface area contributed by atoms with Gasteiger partial charge < -0.3 is 24.6 Å². The fourth-order valence-corrected chi connectivity index (χ4v) is 4.48. The van der Waals surface area contributed by atoms with Crippen molar-refractivity contribution in [2.24, 2.45) is 4.99 Å². The molecule has 0 radical (unpaired) electrons. The number of nitrogens with one attached hydrogen (secondary N) is 1. The number of nitrogens with zero attached hydrogens (tertiary/aromatic N) is 4. The molecule has 9 heteroatoms. The zero-order valence-corrected chi connectivity index (χ0v) is 21.4. The van der Waals surface area contributed by atoms with Crippen molar-refractivity contribution in [1.29, 1.82) is 5.26 Å². The Morgan fingerprint density at radius 3 is 2.55 bits per heavy atom. The van der Waals surface area contributed by atoms with Gasteiger partial charge in [0.2, 0.25) is 18.6 Å². The van der Waals surface area contributed by atoms with Crippen LogP contribution >= 0.6 is 0 Å². The summed E-state index contributed by atoms with van der Waals surface area (Å²) in [5.74, 6) is 0.325. The Bertz CT molecular complexity index is 1470. The summed E-state index contributed by atoms with van der Waals surface area (Å²) in [6, 6.07) is 20.1. The predicted molar refractivity (Wildman–Crippen MR) is 144 cm³/mol. The fourth-order valence-electron chi connectivity index (χ4n) is 4.48. The standard InChI is InChI=1S/C29H27N5O4/c1-33(2)13-12-26(35)34(3)21-8-6-20(7-9-21)31-28(19-5-11-24-25(15-19)38-17-37-24)27-22-10-4-18(16-30)14-23(22)32-29(27)36/h4-11,14-15,27H,12-13,17H2,1-3H3,(H,32,36). The molecule has 38 heavy (non-hydrogen) atoms. The zero-order chi connectivity index (χ0) is 26.8. The first-order chi connectivity index (χ1) is 18.3. The van der Waals surface area contributed by atoms with Crippen molar-refractivity contribution in [3.8, 4) is 17.6 Å². The Morgan fingerprint density at radius 1 is 1.05 bits per heavy atom. The van der Waals surface area contributed by atoms with Crippen LogP contribution in [-0.4, -0.2) is 56.9 Å². The van der Waals surface area contributed by atoms with Crippen molar-refractivity contribution in [3.05, 3.63) is 77.4 Å². The van der Waals surface area contributed by atoms with Crippen LogP contribution in [0.1, 0.15) is 29.0 Å². The van der Waals surface area contributed by atoms with Crippen LogP contribution in [0, 0.1) is 11.3 Å². The minimum Gasteiger partial charge on any atom is -0.454 e. The van der Waals surface area contributed by atoms with Gasteiger partial charge in [0.1, 0.15) is 5.92 Å². The van der Waals surface area contributed by atoms with E-state index in [1.54, 1.807) is 36.2 Å². The highest BCUT2D eigenvalue weighted by atomic mass is 16.7. The van der Waals surface area contributed by atoms with E-state index in [-0.39, 0.29) is 18.6 Å². The second kappa shape index (κ2) is 10.4. The Hall–Kier alpha value is -4.68. The number of benzene rings is 3. The number of aliphatic imine (C=N–C) groups is 1. The lowest BCUT2D eigenvalue weighted by molar-refractivity contribution is -0.118. The molecular weight excluding hydrogens is 482 g/mol. The summed E-state index contributed by atoms with van der Waals surface area (Å²) in [5.41, 5.74) is 4.44. The van der Waals surface area contributed by atoms with Gasteiger partial charge in [0, 0.05) is 37.0 Å². The molecule has 5 rings (SSSR count). The van der Waals surface area contributed by atoms with Gasteiger partial charge in [0.05, 0.1) is 23.0 Å². The van der Waals surface area contributed by atoms with Crippen molar-refractivity contribution < 1.29 is 19.1 Å². The van der Waals surface area contributed by atoms with Crippen LogP contribution in [0.15, 0.2) is 65.7 Å². The number of hydrogen-bond donors (Lipinski definition) is 1. The summed E-state index contributed by atoms with van der Waals surface area (Å²) in [4.78, 5) is 34.3. The molecule has 0 saturated carbocycles. The number of anilines is 2. The maximum atomic E-state index is 13.2. The number of fused-ring (bicyclic) bond motifs is 2. The van der Waals surface area contributed by atoms with E-state index >= 15 is 0 Å². The van der Waals surface area contributed by atoms with E-state index in [4.69, 9.17) is 14.5 Å². The molecule has 1 atom stereocenters. The number of ether oxygens (including phenoxy) is 2. The lowest BCUT2D eigenvalue weighted by Crippen LogP contribution is -2.29. The highest BCUT2D eigenvalue weighted by Gasteiger charge is 2.36. The first-order valence-electron chi connectivity index (χ1n) is 12.2. The quantitative estimate of drug-likeness (QED) is 0.482. The molecule has 3 aromatic rings. The average Bonchev–Trinajstić information content (AvgIpc) is 3.52. The van der Waals surface area contributed by atoms with Crippen molar-refractivity contribution in [1.82, 2.24) is 4.90 Å². The van der Waals surface area contributed by atoms with Crippen molar-refractivity contribution in [2.45, 2.75) is 12.3 Å². The number of carbonyl (C=O) groups is 2. The molecule has 3 aromatic carbocycles. The minimum absolute atomic E-state index is 0.0203. The van der Waals surface area contributed by atoms with Gasteiger partial charge in [-0.2, -0.15) is 5.26 Å². The molecule has 2 aliphatic heterocycles. The molecule has 0 aliphatic carbocycles. The third-order valence-electron chi connectivity index (χ3n) is 6.59. The molecule has 2 heterocycles. The lowest BCUT2D eigenvalue weighted by Gasteiger charge is -2.19. The summed E-state index contributed by atoms with van der Waals surface area (Å²) < 4.78 is 11.0. The third-order valence-corrected chi connectivity index (χ3v) is 6.59. The Balaban J connectivity index is 1.51. The van der Waals surface area contributed by atoms with Crippen molar-refractivity contribution >= 4 is 34.6 Å². The molecule has 0 saturated heterocycles. The largest absolute Gasteiger partial charge is 0.454 e. The SMILES string of the molecule is CN(C)CCC(=O)N(C)c1ccc(N=C(c2ccc3c(c2)OCO3)C2C(=O)Nc3cc(C#N)ccc32)cc1. The van der Waals surface area contributed by atoms with Crippen LogP contribution in [0.2, 0.25) is 0 Å². The summed E-state index contributed by atoms with van der Waals surface area (Å²) in [7, 11) is 5.62. The van der Waals surface area contributed by atoms with Crippen molar-refractivity contribution in [2.75, 3.05) is 44.7 Å². The Morgan fingerprint density at radius 2 is 1.82 bits per heavy atom. The summed E-state index contributed by atoms with van der Waals surface area (Å²) >= 11 is 0. The average molecular weight is 510 g/mol. The first-order valence-corrected chi connectivity index (χ1v) is 12.2. The van der Waals surface area contributed by atoms with Gasteiger partial charge >= 0.3 is 0 Å². The van der Waals surface area contributed by atoms with E-state index in [0.717, 1.165) is 11.3 Å². The van der Waals surface area contributed by atoms with Crippen LogP contribution < -0.4 is 19.7 Å². The molecule has 192 valence electrons. The first kappa shape index (κ1) is 25.0. The monoisotopic (exact) mass is 509 g/mol. The van der Waals surface area contributed by atoms with Crippen LogP contribution in [0.4, 0.5) is 17.1 Å². The second-order valence-corrected chi connectivity index (χ2v) is 9.42. The molecular formula is C29H27N5O4. The van der Waals surface area contributed by atoms with Gasteiger partial charge in [-0.1, -0.05) is 6.07 Å². The highest BCUT2D eigenvalue weighted by molar-refractivity contribution is 6.24. The number of amides is 2. The number of nitriles is 1. The smallest absolute Gasteiger partial charge is 0.238 e. The molecule has 0 fully saturated rings. The fraction of sp³-hybridized carbons (Fsp3) is 0.241. The van der Waals surface area contributed by atoms with E-state index in [1.165, 1.54) is 0 Å². The van der Waals surface area contributed by atoms with Gasteiger partial charge in [-0.15, -0.1) is 0 Å². The molecule has 9 nitrogen and oxygen atoms in total. The van der Waals surface area contributed by atoms with E-state index in [9.17, 15) is 14.9 Å². The number of carbonyl (C=O) groups excluding carboxylic acids is 2. The Kier molecular flexibility index (Phi) is 6.81. The predicted octanol–water partition coefficient (Wildman–Crippen LogP) is 4.06. The second-order valence-electron chi connectivity index (χ2n) is 9.42. The van der Waals surface area contributed by atoms with Gasteiger partial charge in [-0.05, 0) is 74.3 Å². The number of hydrogen-bond acceptors (Lipinski definition) is 7. The number of rotatable bonds is 7. The van der Waals surface area contributed by atoms with E-state index in [1.807, 2.05) is 55.4 Å². The molecule has 1 unspecified atom stereocenters. The molecule has 0 bridgehead atoms. The van der Waals surface area contributed by atoms with E-state index < -0.39 is 5.92 Å². The minimum atomic E-state index is -0.687. The summed E-state index contributed by atoms with van der Waals surface area (Å²) in [6.45, 7) is 0.808. The van der Waals surface area contributed by atoms with Gasteiger partial charge in [-0.3, -0.25) is 14.6 Å². The molecule has 2 amide bonds. The van der Waals surface area contributed by atoms with Crippen LogP contribution in [0.3, 0.4) is 0 Å². The third kappa shape index (κ3) is 4.94. The highest BCUT2D eigenvalue weighted by Crippen LogP contribution is 2.39. The van der Waals surface area contributed by atoms with Crippen LogP contribution in [0.25, 0.3) is 0 Å². The molecule has 2 aliphatic rings. The molecule has 0 spiro atoms. The molecule has 0 aromatic heterocycles. The van der Waals surface area contributed by atoms with E-state index in [2.05, 4.69) is 11.4 Å². The maximum absolute atomic E-state index is 13.2. The van der Waals surface area contributed by atoms with E-state index in [0.29, 0.717) is 52.7 Å². The Labute approximate surface area is 220 Å². The van der Waals surface area contributed by atoms with Crippen LogP contribution in [-0.2, 0) is 9.59 Å². The van der Waals surface area contributed by atoms with Crippen LogP contribution in [0.5, 0.6) is 11.5 Å². The topological polar surface area (TPSA) is 107 Å². The normalized spacial score (nSPS) is 15.7. The lowest BCUT2D eigenvalue weighted by atomic mass is 9.90. The maximum Gasteiger partial charge on any atom is 0.238 e. The van der Waals surface area contributed by atoms with Gasteiger partial charge in [0.15, 0.2) is 11.5 Å². The zero-order valence-electron chi connectivity index (χ0n) is 21.4. The van der Waals surface area contributed by atoms with Gasteiger partial charge in [0.25, 0.3) is 0 Å².